The first kappa shape index (κ1) is 24.7. The molecule has 148 valence electrons. The van der Waals surface area contributed by atoms with E-state index in [1.54, 1.807) is 0 Å². The number of hydrogen-bond donors (Lipinski definition) is 2. The van der Waals surface area contributed by atoms with Crippen LogP contribution in [0.4, 0.5) is 0 Å². The molecule has 0 aliphatic heterocycles. The van der Waals surface area contributed by atoms with Gasteiger partial charge in [0.05, 0.1) is 6.54 Å². The Morgan fingerprint density at radius 1 is 1.00 bits per heavy atom. The smallest absolute Gasteiger partial charge is 0.253 e. The fourth-order valence-corrected chi connectivity index (χ4v) is 2.54. The van der Waals surface area contributed by atoms with Crippen LogP contribution in [0.2, 0.25) is 0 Å². The molecule has 0 radical (unpaired) electrons. The maximum atomic E-state index is 12.3. The number of rotatable bonds is 10. The van der Waals surface area contributed by atoms with Crippen molar-refractivity contribution in [3.8, 4) is 0 Å². The summed E-state index contributed by atoms with van der Waals surface area (Å²) in [7, 11) is 0. The summed E-state index contributed by atoms with van der Waals surface area (Å²) >= 11 is 0. The summed E-state index contributed by atoms with van der Waals surface area (Å²) in [5, 5.41) is 6.63. The van der Waals surface area contributed by atoms with Crippen LogP contribution in [0.5, 0.6) is 0 Å². The molecule has 0 saturated heterocycles. The highest BCUT2D eigenvalue weighted by Crippen LogP contribution is 2.09. The number of nitrogens with one attached hydrogen (secondary N) is 2. The van der Waals surface area contributed by atoms with Gasteiger partial charge < -0.3 is 15.5 Å². The van der Waals surface area contributed by atoms with Crippen LogP contribution in [0.15, 0.2) is 29.3 Å². The normalized spacial score (nSPS) is 10.8. The van der Waals surface area contributed by atoms with Crippen molar-refractivity contribution in [2.75, 3.05) is 26.2 Å². The summed E-state index contributed by atoms with van der Waals surface area (Å²) in [4.78, 5) is 18.8. The lowest BCUT2D eigenvalue weighted by atomic mass is 10.1. The molecule has 0 spiro atoms. The first-order chi connectivity index (χ1) is 12.2. The molecule has 0 aliphatic carbocycles. The maximum Gasteiger partial charge on any atom is 0.253 e. The molecular weight excluding hydrogens is 439 g/mol. The van der Waals surface area contributed by atoms with E-state index in [0.29, 0.717) is 6.54 Å². The van der Waals surface area contributed by atoms with Crippen LogP contribution in [0, 0.1) is 0 Å². The SMILES string of the molecule is CCCCCNC(=NCc1ccc(C(=O)N(CC)CC)cc1)NCC.I. The molecular formula is C20H35IN4O. The number of unbranched alkanes of at least 4 members (excludes halogenated alkanes) is 2. The number of carbonyl (C=O) groups excluding carboxylic acids is 1. The van der Waals surface area contributed by atoms with Gasteiger partial charge in [0.1, 0.15) is 0 Å². The van der Waals surface area contributed by atoms with Gasteiger partial charge in [-0.2, -0.15) is 0 Å². The molecule has 0 unspecified atom stereocenters. The molecule has 1 rings (SSSR count). The van der Waals surface area contributed by atoms with Crippen molar-refractivity contribution < 1.29 is 4.79 Å². The Morgan fingerprint density at radius 3 is 2.19 bits per heavy atom. The van der Waals surface area contributed by atoms with Gasteiger partial charge in [-0.25, -0.2) is 4.99 Å². The molecule has 2 N–H and O–H groups in total. The van der Waals surface area contributed by atoms with Crippen molar-refractivity contribution in [1.29, 1.82) is 0 Å². The van der Waals surface area contributed by atoms with E-state index in [0.717, 1.165) is 49.7 Å². The summed E-state index contributed by atoms with van der Waals surface area (Å²) in [6.45, 7) is 12.1. The summed E-state index contributed by atoms with van der Waals surface area (Å²) in [6.07, 6.45) is 3.60. The molecule has 1 aromatic rings. The zero-order valence-corrected chi connectivity index (χ0v) is 19.0. The average Bonchev–Trinajstić information content (AvgIpc) is 2.64. The molecule has 5 nitrogen and oxygen atoms in total. The highest BCUT2D eigenvalue weighted by Gasteiger charge is 2.11. The van der Waals surface area contributed by atoms with Gasteiger partial charge in [0.2, 0.25) is 0 Å². The predicted octanol–water partition coefficient (Wildman–Crippen LogP) is 4.03. The molecule has 0 bridgehead atoms. The second-order valence-corrected chi connectivity index (χ2v) is 6.00. The first-order valence-corrected chi connectivity index (χ1v) is 9.56. The van der Waals surface area contributed by atoms with Crippen molar-refractivity contribution in [3.05, 3.63) is 35.4 Å². The molecule has 1 aromatic carbocycles. The van der Waals surface area contributed by atoms with E-state index in [2.05, 4.69) is 29.5 Å². The van der Waals surface area contributed by atoms with Crippen molar-refractivity contribution >= 4 is 35.8 Å². The minimum atomic E-state index is 0. The third-order valence-corrected chi connectivity index (χ3v) is 4.09. The molecule has 0 aromatic heterocycles. The Morgan fingerprint density at radius 2 is 1.65 bits per heavy atom. The Hall–Kier alpha value is -1.31. The monoisotopic (exact) mass is 474 g/mol. The van der Waals surface area contributed by atoms with Crippen LogP contribution in [-0.2, 0) is 6.54 Å². The predicted molar refractivity (Wildman–Crippen MR) is 121 cm³/mol. The van der Waals surface area contributed by atoms with Crippen LogP contribution in [0.3, 0.4) is 0 Å². The quantitative estimate of drug-likeness (QED) is 0.233. The lowest BCUT2D eigenvalue weighted by molar-refractivity contribution is 0.0773. The topological polar surface area (TPSA) is 56.7 Å². The van der Waals surface area contributed by atoms with E-state index in [4.69, 9.17) is 0 Å². The van der Waals surface area contributed by atoms with Gasteiger partial charge in [-0.1, -0.05) is 31.9 Å². The zero-order valence-electron chi connectivity index (χ0n) is 16.7. The number of nitrogens with zero attached hydrogens (tertiary/aromatic N) is 2. The van der Waals surface area contributed by atoms with E-state index >= 15 is 0 Å². The van der Waals surface area contributed by atoms with E-state index in [-0.39, 0.29) is 29.9 Å². The molecule has 1 amide bonds. The lowest BCUT2D eigenvalue weighted by Crippen LogP contribution is -2.37. The molecule has 0 aliphatic rings. The van der Waals surface area contributed by atoms with Crippen molar-refractivity contribution in [2.45, 2.75) is 53.5 Å². The largest absolute Gasteiger partial charge is 0.357 e. The van der Waals surface area contributed by atoms with Gasteiger partial charge in [0.15, 0.2) is 5.96 Å². The van der Waals surface area contributed by atoms with Gasteiger partial charge in [-0.05, 0) is 44.9 Å². The van der Waals surface area contributed by atoms with Crippen LogP contribution in [0.1, 0.15) is 62.9 Å². The van der Waals surface area contributed by atoms with E-state index in [1.165, 1.54) is 12.8 Å². The van der Waals surface area contributed by atoms with Crippen LogP contribution < -0.4 is 10.6 Å². The molecule has 0 heterocycles. The zero-order chi connectivity index (χ0) is 18.5. The Balaban J connectivity index is 0.00000625. The van der Waals surface area contributed by atoms with Crippen LogP contribution in [0.25, 0.3) is 0 Å². The van der Waals surface area contributed by atoms with Gasteiger partial charge in [-0.15, -0.1) is 24.0 Å². The fourth-order valence-electron chi connectivity index (χ4n) is 2.54. The number of hydrogen-bond acceptors (Lipinski definition) is 2. The minimum absolute atomic E-state index is 0. The molecule has 0 saturated carbocycles. The van der Waals surface area contributed by atoms with Gasteiger partial charge in [0.25, 0.3) is 5.91 Å². The third kappa shape index (κ3) is 8.87. The molecule has 26 heavy (non-hydrogen) atoms. The molecule has 0 fully saturated rings. The summed E-state index contributed by atoms with van der Waals surface area (Å²) in [6, 6.07) is 7.77. The highest BCUT2D eigenvalue weighted by molar-refractivity contribution is 14.0. The summed E-state index contributed by atoms with van der Waals surface area (Å²) in [5.41, 5.74) is 1.84. The van der Waals surface area contributed by atoms with E-state index in [1.807, 2.05) is 43.0 Å². The number of amides is 1. The Kier molecular flexibility index (Phi) is 14.1. The van der Waals surface area contributed by atoms with E-state index < -0.39 is 0 Å². The second-order valence-electron chi connectivity index (χ2n) is 6.00. The summed E-state index contributed by atoms with van der Waals surface area (Å²) < 4.78 is 0. The average molecular weight is 474 g/mol. The van der Waals surface area contributed by atoms with Gasteiger partial charge in [-0.3, -0.25) is 4.79 Å². The van der Waals surface area contributed by atoms with Crippen molar-refractivity contribution in [1.82, 2.24) is 15.5 Å². The number of carbonyl (C=O) groups is 1. The standard InChI is InChI=1S/C20H34N4O.HI/c1-5-9-10-15-22-20(21-6-2)23-16-17-11-13-18(14-12-17)19(25)24(7-3)8-4;/h11-14H,5-10,15-16H2,1-4H3,(H2,21,22,23);1H. The van der Waals surface area contributed by atoms with Gasteiger partial charge >= 0.3 is 0 Å². The Labute approximate surface area is 176 Å². The van der Waals surface area contributed by atoms with Crippen molar-refractivity contribution in [3.63, 3.8) is 0 Å². The minimum Gasteiger partial charge on any atom is -0.357 e. The second kappa shape index (κ2) is 14.8. The molecule has 0 atom stereocenters. The van der Waals surface area contributed by atoms with Crippen LogP contribution in [-0.4, -0.2) is 42.9 Å². The van der Waals surface area contributed by atoms with Crippen molar-refractivity contribution in [2.24, 2.45) is 4.99 Å². The third-order valence-electron chi connectivity index (χ3n) is 4.09. The van der Waals surface area contributed by atoms with Crippen LogP contribution >= 0.6 is 24.0 Å². The number of guanidine groups is 1. The van der Waals surface area contributed by atoms with E-state index in [9.17, 15) is 4.79 Å². The summed E-state index contributed by atoms with van der Waals surface area (Å²) in [5.74, 6) is 0.938. The fraction of sp³-hybridized carbons (Fsp3) is 0.600. The first-order valence-electron chi connectivity index (χ1n) is 9.56. The lowest BCUT2D eigenvalue weighted by Gasteiger charge is -2.18. The number of aliphatic imine (C=N–C) groups is 1. The number of benzene rings is 1. The number of halogens is 1. The van der Waals surface area contributed by atoms with Gasteiger partial charge in [0, 0.05) is 31.7 Å². The maximum absolute atomic E-state index is 12.3. The Bertz CT molecular complexity index is 527. The highest BCUT2D eigenvalue weighted by atomic mass is 127. The molecule has 6 heteroatoms.